The van der Waals surface area contributed by atoms with Crippen molar-refractivity contribution in [1.82, 2.24) is 0 Å². The smallest absolute Gasteiger partial charge is 0.412 e. The molecule has 4 heteroatoms. The Labute approximate surface area is 109 Å². The molecule has 0 atom stereocenters. The van der Waals surface area contributed by atoms with E-state index in [-0.39, 0.29) is 0 Å². The number of nitrogens with one attached hydrogen (secondary N) is 2. The number of anilines is 2. The van der Waals surface area contributed by atoms with Gasteiger partial charge in [-0.25, -0.2) is 4.79 Å². The molecule has 0 unspecified atom stereocenters. The molecular formula is C14H22N2O2. The summed E-state index contributed by atoms with van der Waals surface area (Å²) < 4.78 is 5.22. The Morgan fingerprint density at radius 3 is 2.39 bits per heavy atom. The molecule has 100 valence electrons. The molecule has 0 aromatic heterocycles. The van der Waals surface area contributed by atoms with E-state index in [1.54, 1.807) is 0 Å². The Balaban J connectivity index is 2.68. The van der Waals surface area contributed by atoms with Gasteiger partial charge in [-0.3, -0.25) is 5.32 Å². The van der Waals surface area contributed by atoms with Gasteiger partial charge in [-0.05, 0) is 39.3 Å². The lowest BCUT2D eigenvalue weighted by Gasteiger charge is -2.20. The number of rotatable bonds is 4. The third-order valence-corrected chi connectivity index (χ3v) is 2.13. The number of hydrogen-bond acceptors (Lipinski definition) is 3. The van der Waals surface area contributed by atoms with E-state index in [0.717, 1.165) is 24.3 Å². The molecule has 0 saturated heterocycles. The summed E-state index contributed by atoms with van der Waals surface area (Å²) in [5.41, 5.74) is 1.15. The lowest BCUT2D eigenvalue weighted by Crippen LogP contribution is -2.27. The van der Waals surface area contributed by atoms with Crippen LogP contribution in [0.4, 0.5) is 16.2 Å². The van der Waals surface area contributed by atoms with Crippen LogP contribution in [-0.2, 0) is 4.74 Å². The maximum atomic E-state index is 11.7. The largest absolute Gasteiger partial charge is 0.444 e. The third-order valence-electron chi connectivity index (χ3n) is 2.13. The number of ether oxygens (including phenoxy) is 1. The molecule has 0 heterocycles. The van der Waals surface area contributed by atoms with Gasteiger partial charge in [-0.1, -0.05) is 19.1 Å². The standard InChI is InChI=1S/C14H22N2O2/c1-5-10-15-11-8-6-7-9-12(11)16-13(17)18-14(2,3)4/h6-9,15H,5,10H2,1-4H3,(H,16,17). The van der Waals surface area contributed by atoms with E-state index < -0.39 is 11.7 Å². The molecule has 1 rings (SSSR count). The fourth-order valence-corrected chi connectivity index (χ4v) is 1.42. The van der Waals surface area contributed by atoms with Crippen molar-refractivity contribution in [1.29, 1.82) is 0 Å². The molecule has 0 bridgehead atoms. The number of para-hydroxylation sites is 2. The Hall–Kier alpha value is -1.71. The van der Waals surface area contributed by atoms with Crippen LogP contribution >= 0.6 is 0 Å². The van der Waals surface area contributed by atoms with Crippen LogP contribution in [0.1, 0.15) is 34.1 Å². The Morgan fingerprint density at radius 2 is 1.83 bits per heavy atom. The summed E-state index contributed by atoms with van der Waals surface area (Å²) in [5.74, 6) is 0. The maximum absolute atomic E-state index is 11.7. The highest BCUT2D eigenvalue weighted by Crippen LogP contribution is 2.21. The van der Waals surface area contributed by atoms with Crippen LogP contribution in [-0.4, -0.2) is 18.2 Å². The number of amides is 1. The molecule has 4 nitrogen and oxygen atoms in total. The van der Waals surface area contributed by atoms with E-state index in [9.17, 15) is 4.79 Å². The first-order valence-electron chi connectivity index (χ1n) is 6.25. The van der Waals surface area contributed by atoms with Gasteiger partial charge >= 0.3 is 6.09 Å². The Kier molecular flexibility index (Phi) is 5.01. The van der Waals surface area contributed by atoms with Gasteiger partial charge in [0.15, 0.2) is 0 Å². The molecule has 1 aromatic carbocycles. The minimum Gasteiger partial charge on any atom is -0.444 e. The van der Waals surface area contributed by atoms with E-state index in [0.29, 0.717) is 0 Å². The van der Waals surface area contributed by atoms with E-state index in [4.69, 9.17) is 4.74 Å². The second-order valence-electron chi connectivity index (χ2n) is 5.10. The second-order valence-corrected chi connectivity index (χ2v) is 5.10. The first-order chi connectivity index (χ1) is 8.42. The zero-order valence-electron chi connectivity index (χ0n) is 11.5. The third kappa shape index (κ3) is 5.08. The molecule has 0 aliphatic carbocycles. The van der Waals surface area contributed by atoms with Crippen LogP contribution < -0.4 is 10.6 Å². The van der Waals surface area contributed by atoms with Gasteiger partial charge in [-0.15, -0.1) is 0 Å². The van der Waals surface area contributed by atoms with Crippen molar-refractivity contribution in [3.63, 3.8) is 0 Å². The summed E-state index contributed by atoms with van der Waals surface area (Å²) in [4.78, 5) is 11.7. The SMILES string of the molecule is CCCNc1ccccc1NC(=O)OC(C)(C)C. The number of carbonyl (C=O) groups excluding carboxylic acids is 1. The van der Waals surface area contributed by atoms with Gasteiger partial charge in [-0.2, -0.15) is 0 Å². The van der Waals surface area contributed by atoms with Crippen LogP contribution in [0.15, 0.2) is 24.3 Å². The zero-order chi connectivity index (χ0) is 13.6. The van der Waals surface area contributed by atoms with Crippen molar-refractivity contribution in [3.8, 4) is 0 Å². The average molecular weight is 250 g/mol. The van der Waals surface area contributed by atoms with Crippen LogP contribution in [0.25, 0.3) is 0 Å². The topological polar surface area (TPSA) is 50.4 Å². The van der Waals surface area contributed by atoms with Crippen molar-refractivity contribution in [2.24, 2.45) is 0 Å². The van der Waals surface area contributed by atoms with E-state index in [2.05, 4.69) is 17.6 Å². The number of hydrogen-bond donors (Lipinski definition) is 2. The summed E-state index contributed by atoms with van der Waals surface area (Å²) >= 11 is 0. The molecule has 0 aliphatic rings. The normalized spacial score (nSPS) is 10.9. The predicted octanol–water partition coefficient (Wildman–Crippen LogP) is 3.86. The van der Waals surface area contributed by atoms with Gasteiger partial charge in [0, 0.05) is 6.54 Å². The monoisotopic (exact) mass is 250 g/mol. The highest BCUT2D eigenvalue weighted by atomic mass is 16.6. The van der Waals surface area contributed by atoms with Crippen LogP contribution in [0.3, 0.4) is 0 Å². The maximum Gasteiger partial charge on any atom is 0.412 e. The van der Waals surface area contributed by atoms with Crippen molar-refractivity contribution in [3.05, 3.63) is 24.3 Å². The van der Waals surface area contributed by atoms with E-state index in [1.165, 1.54) is 0 Å². The lowest BCUT2D eigenvalue weighted by atomic mass is 10.2. The first-order valence-corrected chi connectivity index (χ1v) is 6.25. The summed E-state index contributed by atoms with van der Waals surface area (Å²) in [5, 5.41) is 6.01. The van der Waals surface area contributed by atoms with Gasteiger partial charge in [0.1, 0.15) is 5.60 Å². The molecule has 0 aliphatic heterocycles. The summed E-state index contributed by atoms with van der Waals surface area (Å²) in [6.07, 6.45) is 0.592. The summed E-state index contributed by atoms with van der Waals surface area (Å²) in [7, 11) is 0. The minimum absolute atomic E-state index is 0.437. The molecule has 1 amide bonds. The average Bonchev–Trinajstić information content (AvgIpc) is 2.25. The molecule has 18 heavy (non-hydrogen) atoms. The fourth-order valence-electron chi connectivity index (χ4n) is 1.42. The Morgan fingerprint density at radius 1 is 1.22 bits per heavy atom. The molecule has 1 aromatic rings. The van der Waals surface area contributed by atoms with E-state index in [1.807, 2.05) is 45.0 Å². The quantitative estimate of drug-likeness (QED) is 0.853. The Bertz CT molecular complexity index is 397. The highest BCUT2D eigenvalue weighted by molar-refractivity contribution is 5.89. The molecule has 0 radical (unpaired) electrons. The highest BCUT2D eigenvalue weighted by Gasteiger charge is 2.16. The van der Waals surface area contributed by atoms with Gasteiger partial charge < -0.3 is 10.1 Å². The molecule has 0 spiro atoms. The molecule has 0 saturated carbocycles. The van der Waals surface area contributed by atoms with Gasteiger partial charge in [0.05, 0.1) is 11.4 Å². The van der Waals surface area contributed by atoms with E-state index >= 15 is 0 Å². The van der Waals surface area contributed by atoms with Crippen LogP contribution in [0.5, 0.6) is 0 Å². The van der Waals surface area contributed by atoms with Crippen molar-refractivity contribution >= 4 is 17.5 Å². The predicted molar refractivity (Wildman–Crippen MR) is 75.1 cm³/mol. The fraction of sp³-hybridized carbons (Fsp3) is 0.500. The minimum atomic E-state index is -0.490. The van der Waals surface area contributed by atoms with Crippen molar-refractivity contribution in [2.45, 2.75) is 39.7 Å². The number of carbonyl (C=O) groups is 1. The van der Waals surface area contributed by atoms with Crippen molar-refractivity contribution in [2.75, 3.05) is 17.2 Å². The molecule has 0 fully saturated rings. The van der Waals surface area contributed by atoms with Crippen LogP contribution in [0, 0.1) is 0 Å². The second kappa shape index (κ2) is 6.28. The van der Waals surface area contributed by atoms with Gasteiger partial charge in [0.25, 0.3) is 0 Å². The first kappa shape index (κ1) is 14.4. The van der Waals surface area contributed by atoms with Crippen molar-refractivity contribution < 1.29 is 9.53 Å². The zero-order valence-corrected chi connectivity index (χ0v) is 11.5. The summed E-state index contributed by atoms with van der Waals surface area (Å²) in [6, 6.07) is 7.59. The molecule has 2 N–H and O–H groups in total. The van der Waals surface area contributed by atoms with Gasteiger partial charge in [0.2, 0.25) is 0 Å². The summed E-state index contributed by atoms with van der Waals surface area (Å²) in [6.45, 7) is 8.49. The lowest BCUT2D eigenvalue weighted by molar-refractivity contribution is 0.0636. The van der Waals surface area contributed by atoms with Crippen LogP contribution in [0.2, 0.25) is 0 Å². The molecular weight excluding hydrogens is 228 g/mol. The number of benzene rings is 1.